The fraction of sp³-hybridized carbons (Fsp3) is 0.321. The average molecular weight is 626 g/mol. The van der Waals surface area contributed by atoms with Crippen LogP contribution in [0.25, 0.3) is 0 Å². The molecule has 0 saturated heterocycles. The van der Waals surface area contributed by atoms with Crippen LogP contribution in [0.5, 0.6) is 11.5 Å². The molecule has 0 spiro atoms. The number of rotatable bonds is 8. The molecular formula is C28H24BrN3O9. The molecule has 0 saturated carbocycles. The van der Waals surface area contributed by atoms with Gasteiger partial charge in [-0.25, -0.2) is 0 Å². The number of hydrogen-bond acceptors (Lipinski definition) is 9. The molecule has 2 aromatic rings. The van der Waals surface area contributed by atoms with Crippen LogP contribution >= 0.6 is 15.9 Å². The van der Waals surface area contributed by atoms with Gasteiger partial charge in [0.25, 0.3) is 5.69 Å². The quantitative estimate of drug-likeness (QED) is 0.273. The van der Waals surface area contributed by atoms with Crippen molar-refractivity contribution in [2.45, 2.75) is 50.9 Å². The number of carboxylic acids is 1. The summed E-state index contributed by atoms with van der Waals surface area (Å²) < 4.78 is 6.65. The van der Waals surface area contributed by atoms with Crippen molar-refractivity contribution in [1.82, 2.24) is 4.90 Å². The van der Waals surface area contributed by atoms with E-state index in [0.717, 1.165) is 18.2 Å². The standard InChI is InChI=1S/C28H24BrN3O9/c29-15-7-9-23(41-24-10-8-16(31(37)38)14-20(24)32(39)40)17(13-15)26-27-18(3-1-5-21(27)33)30(12-11-25(35)36)19-4-2-6-22(34)28(19)26/h7-10,13-14,26H,1-6,11-12H2,(H,35,36). The monoisotopic (exact) mass is 625 g/mol. The normalized spacial score (nSPS) is 17.3. The minimum absolute atomic E-state index is 0.122. The van der Waals surface area contributed by atoms with Gasteiger partial charge in [-0.1, -0.05) is 15.9 Å². The number of halogens is 1. The lowest BCUT2D eigenvalue weighted by molar-refractivity contribution is -0.394. The minimum atomic E-state index is -0.993. The number of nitro benzene ring substituents is 2. The number of carbonyl (C=O) groups is 3. The number of Topliss-reactive ketones (excluding diaryl/α,β-unsaturated/α-hetero) is 2. The SMILES string of the molecule is O=C(O)CCN1C2=C(C(=O)CCC2)C(c2cc(Br)ccc2Oc2ccc([N+](=O)[O-])cc2[N+](=O)[O-])C2=C1CCCC2=O. The smallest absolute Gasteiger partial charge is 0.318 e. The number of nitrogens with zero attached hydrogens (tertiary/aromatic N) is 3. The number of carboxylic acid groups (broad SMARTS) is 1. The van der Waals surface area contributed by atoms with Gasteiger partial charge in [0.2, 0.25) is 5.75 Å². The molecule has 12 nitrogen and oxygen atoms in total. The molecule has 2 aromatic carbocycles. The van der Waals surface area contributed by atoms with Gasteiger partial charge in [0.1, 0.15) is 5.75 Å². The summed E-state index contributed by atoms with van der Waals surface area (Å²) in [5, 5.41) is 32.4. The second-order valence-corrected chi connectivity index (χ2v) is 10.9. The molecule has 41 heavy (non-hydrogen) atoms. The third-order valence-electron chi connectivity index (χ3n) is 7.49. The Morgan fingerprint density at radius 2 is 1.54 bits per heavy atom. The fourth-order valence-electron chi connectivity index (χ4n) is 5.81. The number of aliphatic carboxylic acids is 1. The third-order valence-corrected chi connectivity index (χ3v) is 7.98. The summed E-state index contributed by atoms with van der Waals surface area (Å²) in [6, 6.07) is 7.95. The molecule has 0 fully saturated rings. The highest BCUT2D eigenvalue weighted by Gasteiger charge is 2.44. The summed E-state index contributed by atoms with van der Waals surface area (Å²) in [5.74, 6) is -2.23. The first-order valence-electron chi connectivity index (χ1n) is 13.0. The van der Waals surface area contributed by atoms with Crippen LogP contribution in [0.15, 0.2) is 63.4 Å². The Labute approximate surface area is 241 Å². The second-order valence-electron chi connectivity index (χ2n) is 9.95. The lowest BCUT2D eigenvalue weighted by Gasteiger charge is -2.44. The summed E-state index contributed by atoms with van der Waals surface area (Å²) in [6.07, 6.45) is 2.58. The maximum absolute atomic E-state index is 13.5. The van der Waals surface area contributed by atoms with Gasteiger partial charge in [0, 0.05) is 63.9 Å². The third kappa shape index (κ3) is 5.36. The highest BCUT2D eigenvalue weighted by atomic mass is 79.9. The lowest BCUT2D eigenvalue weighted by Crippen LogP contribution is -2.40. The van der Waals surface area contributed by atoms with Crippen molar-refractivity contribution in [3.8, 4) is 11.5 Å². The van der Waals surface area contributed by atoms with E-state index in [1.54, 1.807) is 18.2 Å². The molecule has 3 aliphatic rings. The van der Waals surface area contributed by atoms with E-state index in [4.69, 9.17) is 4.74 Å². The van der Waals surface area contributed by atoms with Crippen molar-refractivity contribution in [2.24, 2.45) is 0 Å². The van der Waals surface area contributed by atoms with E-state index in [9.17, 15) is 39.7 Å². The molecule has 0 atom stereocenters. The summed E-state index contributed by atoms with van der Waals surface area (Å²) >= 11 is 3.45. The Kier molecular flexibility index (Phi) is 7.72. The van der Waals surface area contributed by atoms with E-state index in [0.29, 0.717) is 58.3 Å². The number of carbonyl (C=O) groups excluding carboxylic acids is 2. The molecule has 0 aromatic heterocycles. The van der Waals surface area contributed by atoms with Crippen LogP contribution in [0.1, 0.15) is 56.4 Å². The Balaban J connectivity index is 1.70. The van der Waals surface area contributed by atoms with Crippen molar-refractivity contribution in [1.29, 1.82) is 0 Å². The van der Waals surface area contributed by atoms with Crippen LogP contribution in [0.2, 0.25) is 0 Å². The van der Waals surface area contributed by atoms with Crippen molar-refractivity contribution in [3.63, 3.8) is 0 Å². The molecule has 0 amide bonds. The highest BCUT2D eigenvalue weighted by molar-refractivity contribution is 9.10. The first-order valence-corrected chi connectivity index (χ1v) is 13.8. The number of ketones is 2. The minimum Gasteiger partial charge on any atom is -0.481 e. The van der Waals surface area contributed by atoms with Gasteiger partial charge < -0.3 is 14.7 Å². The van der Waals surface area contributed by atoms with Gasteiger partial charge in [-0.15, -0.1) is 0 Å². The number of hydrogen-bond donors (Lipinski definition) is 1. The van der Waals surface area contributed by atoms with E-state index >= 15 is 0 Å². The van der Waals surface area contributed by atoms with Crippen LogP contribution in [-0.4, -0.2) is 43.9 Å². The van der Waals surface area contributed by atoms with Gasteiger partial charge in [0.05, 0.1) is 22.3 Å². The Morgan fingerprint density at radius 3 is 2.10 bits per heavy atom. The predicted molar refractivity (Wildman–Crippen MR) is 147 cm³/mol. The molecule has 13 heteroatoms. The Bertz CT molecular complexity index is 1540. The number of allylic oxidation sites excluding steroid dienone is 4. The van der Waals surface area contributed by atoms with Crippen LogP contribution in [0.4, 0.5) is 11.4 Å². The zero-order valence-electron chi connectivity index (χ0n) is 21.6. The molecule has 1 N–H and O–H groups in total. The Morgan fingerprint density at radius 1 is 0.927 bits per heavy atom. The topological polar surface area (TPSA) is 170 Å². The summed E-state index contributed by atoms with van der Waals surface area (Å²) in [4.78, 5) is 61.8. The van der Waals surface area contributed by atoms with E-state index in [1.165, 1.54) is 0 Å². The number of nitro groups is 2. The number of benzene rings is 2. The molecular weight excluding hydrogens is 602 g/mol. The van der Waals surface area contributed by atoms with Gasteiger partial charge in [-0.2, -0.15) is 0 Å². The molecule has 5 rings (SSSR count). The van der Waals surface area contributed by atoms with Crippen LogP contribution in [0.3, 0.4) is 0 Å². The summed E-state index contributed by atoms with van der Waals surface area (Å²) in [6.45, 7) is 0.122. The molecule has 0 unspecified atom stereocenters. The largest absolute Gasteiger partial charge is 0.481 e. The van der Waals surface area contributed by atoms with Crippen LogP contribution in [0, 0.1) is 20.2 Å². The van der Waals surface area contributed by atoms with Crippen LogP contribution in [-0.2, 0) is 14.4 Å². The number of non-ortho nitro benzene ring substituents is 1. The second kappa shape index (κ2) is 11.2. The predicted octanol–water partition coefficient (Wildman–Crippen LogP) is 5.95. The molecule has 0 radical (unpaired) electrons. The van der Waals surface area contributed by atoms with Gasteiger partial charge >= 0.3 is 11.7 Å². The van der Waals surface area contributed by atoms with Gasteiger partial charge in [0.15, 0.2) is 11.6 Å². The zero-order chi connectivity index (χ0) is 29.4. The van der Waals surface area contributed by atoms with Crippen molar-refractivity contribution >= 4 is 44.8 Å². The maximum atomic E-state index is 13.5. The van der Waals surface area contributed by atoms with E-state index in [1.807, 2.05) is 4.90 Å². The molecule has 2 aliphatic carbocycles. The zero-order valence-corrected chi connectivity index (χ0v) is 23.2. The van der Waals surface area contributed by atoms with E-state index in [-0.39, 0.29) is 48.9 Å². The van der Waals surface area contributed by atoms with Gasteiger partial charge in [-0.05, 0) is 49.9 Å². The summed E-state index contributed by atoms with van der Waals surface area (Å²) in [7, 11) is 0. The Hall–Kier alpha value is -4.39. The van der Waals surface area contributed by atoms with Crippen LogP contribution < -0.4 is 4.74 Å². The summed E-state index contributed by atoms with van der Waals surface area (Å²) in [5.41, 5.74) is 1.52. The van der Waals surface area contributed by atoms with E-state index < -0.39 is 33.1 Å². The first kappa shape index (κ1) is 28.1. The van der Waals surface area contributed by atoms with Crippen molar-refractivity contribution in [3.05, 3.63) is 89.2 Å². The molecule has 212 valence electrons. The average Bonchev–Trinajstić information content (AvgIpc) is 2.92. The highest BCUT2D eigenvalue weighted by Crippen LogP contribution is 2.52. The van der Waals surface area contributed by atoms with Gasteiger partial charge in [-0.3, -0.25) is 34.6 Å². The molecule has 1 heterocycles. The van der Waals surface area contributed by atoms with Crippen molar-refractivity contribution in [2.75, 3.05) is 6.54 Å². The maximum Gasteiger partial charge on any atom is 0.318 e. The van der Waals surface area contributed by atoms with Crippen molar-refractivity contribution < 1.29 is 34.1 Å². The number of ether oxygens (including phenoxy) is 1. The molecule has 0 bridgehead atoms. The lowest BCUT2D eigenvalue weighted by atomic mass is 9.70. The first-order chi connectivity index (χ1) is 19.6. The van der Waals surface area contributed by atoms with E-state index in [2.05, 4.69) is 15.9 Å². The molecule has 1 aliphatic heterocycles. The fourth-order valence-corrected chi connectivity index (χ4v) is 6.19.